The van der Waals surface area contributed by atoms with E-state index in [0.29, 0.717) is 0 Å². The number of carbonyl (C=O) groups is 1. The molecule has 0 aromatic heterocycles. The van der Waals surface area contributed by atoms with E-state index in [2.05, 4.69) is 0 Å². The van der Waals surface area contributed by atoms with Crippen molar-refractivity contribution in [3.05, 3.63) is 6.42 Å². The second kappa shape index (κ2) is 2.85. The van der Waals surface area contributed by atoms with Crippen LogP contribution in [0.5, 0.6) is 0 Å². The number of rotatable bonds is 2. The number of hydrogen-bond acceptors (Lipinski definition) is 1. The van der Waals surface area contributed by atoms with Gasteiger partial charge in [-0.2, -0.15) is 13.2 Å². The van der Waals surface area contributed by atoms with Gasteiger partial charge in [0.05, 0.1) is 6.42 Å². The van der Waals surface area contributed by atoms with Crippen molar-refractivity contribution in [2.45, 2.75) is 19.5 Å². The average Bonchev–Trinajstić information content (AvgIpc) is 1.59. The summed E-state index contributed by atoms with van der Waals surface area (Å²) >= 11 is 0. The number of carbonyl (C=O) groups excluding carboxylic acids is 1. The summed E-state index contributed by atoms with van der Waals surface area (Å²) in [6.07, 6.45) is -4.80. The summed E-state index contributed by atoms with van der Waals surface area (Å²) < 4.78 is 33.6. The van der Waals surface area contributed by atoms with E-state index in [1.165, 1.54) is 0 Å². The van der Waals surface area contributed by atoms with E-state index in [1.807, 2.05) is 0 Å². The van der Waals surface area contributed by atoms with E-state index in [9.17, 15) is 18.0 Å². The van der Waals surface area contributed by atoms with Gasteiger partial charge in [0.15, 0.2) is 0 Å². The maximum absolute atomic E-state index is 11.2. The predicted molar refractivity (Wildman–Crippen MR) is 25.7 cm³/mol. The quantitative estimate of drug-likeness (QED) is 0.569. The first-order valence-electron chi connectivity index (χ1n) is 2.32. The van der Waals surface area contributed by atoms with Gasteiger partial charge >= 0.3 is 6.18 Å². The lowest BCUT2D eigenvalue weighted by Crippen LogP contribution is -2.09. The molecule has 0 aromatic rings. The highest BCUT2D eigenvalue weighted by Crippen LogP contribution is 2.19. The monoisotopic (exact) mass is 139 g/mol. The van der Waals surface area contributed by atoms with Crippen molar-refractivity contribution in [1.29, 1.82) is 0 Å². The standard InChI is InChI=1S/C5H6F3O/c1-4(9)2-3-5(6,7)8/h3H,2H2,1H3. The van der Waals surface area contributed by atoms with Crippen LogP contribution in [-0.4, -0.2) is 12.0 Å². The lowest BCUT2D eigenvalue weighted by Gasteiger charge is -2.01. The average molecular weight is 139 g/mol. The fourth-order valence-electron chi connectivity index (χ4n) is 0.259. The van der Waals surface area contributed by atoms with Crippen LogP contribution in [0.1, 0.15) is 13.3 Å². The topological polar surface area (TPSA) is 17.1 Å². The highest BCUT2D eigenvalue weighted by Gasteiger charge is 2.27. The Morgan fingerprint density at radius 2 is 2.00 bits per heavy atom. The number of hydrogen-bond donors (Lipinski definition) is 0. The SMILES string of the molecule is CC(=O)C[CH]C(F)(F)F. The molecule has 0 unspecified atom stereocenters. The lowest BCUT2D eigenvalue weighted by molar-refractivity contribution is -0.122. The van der Waals surface area contributed by atoms with Crippen molar-refractivity contribution in [1.82, 2.24) is 0 Å². The van der Waals surface area contributed by atoms with Crippen molar-refractivity contribution in [3.63, 3.8) is 0 Å². The largest absolute Gasteiger partial charge is 0.392 e. The third-order valence-electron chi connectivity index (χ3n) is 0.621. The summed E-state index contributed by atoms with van der Waals surface area (Å²) in [5.74, 6) is -0.479. The van der Waals surface area contributed by atoms with E-state index >= 15 is 0 Å². The third kappa shape index (κ3) is 7.46. The molecule has 0 spiro atoms. The minimum atomic E-state index is -4.31. The molecule has 0 heterocycles. The first-order chi connectivity index (χ1) is 3.92. The predicted octanol–water partition coefficient (Wildman–Crippen LogP) is 1.73. The maximum atomic E-state index is 11.2. The summed E-state index contributed by atoms with van der Waals surface area (Å²) in [7, 11) is 0. The van der Waals surface area contributed by atoms with Crippen LogP contribution in [0.25, 0.3) is 0 Å². The smallest absolute Gasteiger partial charge is 0.300 e. The molecular weight excluding hydrogens is 133 g/mol. The zero-order chi connectivity index (χ0) is 7.49. The molecule has 0 saturated heterocycles. The summed E-state index contributed by atoms with van der Waals surface area (Å²) in [4.78, 5) is 9.96. The Bertz CT molecular complexity index is 105. The number of Topliss-reactive ketones (excluding diaryl/α,β-unsaturated/α-hetero) is 1. The molecule has 0 aromatic carbocycles. The highest BCUT2D eigenvalue weighted by molar-refractivity contribution is 5.76. The Kier molecular flexibility index (Phi) is 2.67. The summed E-state index contributed by atoms with van der Waals surface area (Å²) in [5, 5.41) is 0. The summed E-state index contributed by atoms with van der Waals surface area (Å²) in [5.41, 5.74) is 0. The van der Waals surface area contributed by atoms with Crippen molar-refractivity contribution in [2.24, 2.45) is 0 Å². The van der Waals surface area contributed by atoms with Crippen LogP contribution in [0.4, 0.5) is 13.2 Å². The molecule has 0 aliphatic carbocycles. The molecule has 1 radical (unpaired) electrons. The Morgan fingerprint density at radius 3 is 2.11 bits per heavy atom. The van der Waals surface area contributed by atoms with Gasteiger partial charge in [0.2, 0.25) is 0 Å². The summed E-state index contributed by atoms with van der Waals surface area (Å²) in [6, 6.07) is 0. The highest BCUT2D eigenvalue weighted by atomic mass is 19.4. The molecule has 0 atom stereocenters. The summed E-state index contributed by atoms with van der Waals surface area (Å²) in [6.45, 7) is 1.11. The Hall–Kier alpha value is -0.540. The van der Waals surface area contributed by atoms with Gasteiger partial charge in [-0.15, -0.1) is 0 Å². The number of alkyl halides is 3. The molecule has 53 valence electrons. The van der Waals surface area contributed by atoms with Gasteiger partial charge in [0.1, 0.15) is 5.78 Å². The number of ketones is 1. The fraction of sp³-hybridized carbons (Fsp3) is 0.600. The molecular formula is C5H6F3O. The number of halogens is 3. The molecule has 4 heteroatoms. The van der Waals surface area contributed by atoms with Crippen LogP contribution >= 0.6 is 0 Å². The van der Waals surface area contributed by atoms with Gasteiger partial charge < -0.3 is 4.79 Å². The molecule has 9 heavy (non-hydrogen) atoms. The lowest BCUT2D eigenvalue weighted by atomic mass is 10.2. The Labute approximate surface area is 50.9 Å². The van der Waals surface area contributed by atoms with E-state index in [-0.39, 0.29) is 6.42 Å². The minimum Gasteiger partial charge on any atom is -0.300 e. The van der Waals surface area contributed by atoms with Crippen LogP contribution in [0, 0.1) is 6.42 Å². The van der Waals surface area contributed by atoms with E-state index in [4.69, 9.17) is 0 Å². The zero-order valence-corrected chi connectivity index (χ0v) is 4.83. The van der Waals surface area contributed by atoms with Gasteiger partial charge in [0.25, 0.3) is 0 Å². The normalized spacial score (nSPS) is 11.6. The molecule has 0 aliphatic heterocycles. The van der Waals surface area contributed by atoms with Crippen LogP contribution in [0.2, 0.25) is 0 Å². The van der Waals surface area contributed by atoms with Crippen LogP contribution < -0.4 is 0 Å². The molecule has 0 saturated carbocycles. The van der Waals surface area contributed by atoms with Crippen LogP contribution in [0.15, 0.2) is 0 Å². The van der Waals surface area contributed by atoms with Crippen molar-refractivity contribution in [3.8, 4) is 0 Å². The second-order valence-corrected chi connectivity index (χ2v) is 1.65. The molecule has 0 rings (SSSR count). The third-order valence-corrected chi connectivity index (χ3v) is 0.621. The van der Waals surface area contributed by atoms with Crippen molar-refractivity contribution >= 4 is 5.78 Å². The Morgan fingerprint density at radius 1 is 1.56 bits per heavy atom. The van der Waals surface area contributed by atoms with Crippen LogP contribution in [-0.2, 0) is 4.79 Å². The van der Waals surface area contributed by atoms with Gasteiger partial charge in [-0.3, -0.25) is 0 Å². The van der Waals surface area contributed by atoms with Gasteiger partial charge in [-0.05, 0) is 6.92 Å². The first kappa shape index (κ1) is 8.46. The van der Waals surface area contributed by atoms with Crippen molar-refractivity contribution in [2.75, 3.05) is 0 Å². The van der Waals surface area contributed by atoms with Crippen LogP contribution in [0.3, 0.4) is 0 Å². The second-order valence-electron chi connectivity index (χ2n) is 1.65. The van der Waals surface area contributed by atoms with Gasteiger partial charge in [-0.25, -0.2) is 0 Å². The molecule has 0 aliphatic rings. The molecule has 0 fully saturated rings. The maximum Gasteiger partial charge on any atom is 0.392 e. The van der Waals surface area contributed by atoms with Gasteiger partial charge in [-0.1, -0.05) is 0 Å². The van der Waals surface area contributed by atoms with Crippen molar-refractivity contribution < 1.29 is 18.0 Å². The minimum absolute atomic E-state index is 0.0370. The first-order valence-corrected chi connectivity index (χ1v) is 2.32. The van der Waals surface area contributed by atoms with E-state index in [1.54, 1.807) is 0 Å². The molecule has 1 nitrogen and oxygen atoms in total. The zero-order valence-electron chi connectivity index (χ0n) is 4.83. The molecule has 0 N–H and O–H groups in total. The molecule has 0 bridgehead atoms. The van der Waals surface area contributed by atoms with E-state index < -0.39 is 18.4 Å². The van der Waals surface area contributed by atoms with Gasteiger partial charge in [0, 0.05) is 6.42 Å². The fourth-order valence-corrected chi connectivity index (χ4v) is 0.259. The Balaban J connectivity index is 3.39. The van der Waals surface area contributed by atoms with E-state index in [0.717, 1.165) is 6.92 Å². The molecule has 0 amide bonds.